The number of Topliss-reactive ketones (excluding diaryl/α,β-unsaturated/α-hetero) is 2. The molecule has 0 spiro atoms. The monoisotopic (exact) mass is 655 g/mol. The average Bonchev–Trinajstić information content (AvgIpc) is 2.95. The van der Waals surface area contributed by atoms with Crippen LogP contribution >= 0.6 is 15.9 Å². The molecule has 3 aliphatic rings. The number of phenolic OH excluding ortho intramolecular Hbond substituents is 1. The Morgan fingerprint density at radius 2 is 1.70 bits per heavy atom. The highest BCUT2D eigenvalue weighted by Crippen LogP contribution is 2.56. The SMILES string of the molecule is CC1c2ccc(NC(=O)C(Br)c3ccccc3)c(O)c2C(O)=C2C(=O)C3(O)C(O)=C(C(N)=O)C(=O)[C@@H](N(C)C)C3C(O)C21. The van der Waals surface area contributed by atoms with E-state index in [1.165, 1.54) is 31.1 Å². The number of amides is 2. The highest BCUT2D eigenvalue weighted by atomic mass is 79.9. The van der Waals surface area contributed by atoms with Crippen LogP contribution in [0.15, 0.2) is 59.4 Å². The number of hydrogen-bond donors (Lipinski definition) is 7. The van der Waals surface area contributed by atoms with Gasteiger partial charge in [-0.2, -0.15) is 0 Å². The molecule has 2 amide bonds. The lowest BCUT2D eigenvalue weighted by Gasteiger charge is -2.53. The number of primary amides is 1. The van der Waals surface area contributed by atoms with Gasteiger partial charge in [-0.25, -0.2) is 0 Å². The Kier molecular flexibility index (Phi) is 7.49. The smallest absolute Gasteiger partial charge is 0.255 e. The van der Waals surface area contributed by atoms with E-state index in [1.54, 1.807) is 37.3 Å². The van der Waals surface area contributed by atoms with Crippen LogP contribution in [0, 0.1) is 11.8 Å². The van der Waals surface area contributed by atoms with Crippen molar-refractivity contribution in [1.82, 2.24) is 4.90 Å². The number of alkyl halides is 1. The van der Waals surface area contributed by atoms with Crippen LogP contribution in [0.25, 0.3) is 5.76 Å². The van der Waals surface area contributed by atoms with Gasteiger partial charge in [0.25, 0.3) is 5.91 Å². The Bertz CT molecular complexity index is 1640. The predicted molar refractivity (Wildman–Crippen MR) is 157 cm³/mol. The first-order valence-electron chi connectivity index (χ1n) is 13.3. The number of nitrogens with zero attached hydrogens (tertiary/aromatic N) is 1. The minimum Gasteiger partial charge on any atom is -0.508 e. The van der Waals surface area contributed by atoms with Gasteiger partial charge in [0.05, 0.1) is 29.3 Å². The zero-order valence-electron chi connectivity index (χ0n) is 23.3. The first kappa shape index (κ1) is 30.4. The minimum absolute atomic E-state index is 0.0861. The maximum absolute atomic E-state index is 14.1. The first-order chi connectivity index (χ1) is 20.2. The molecule has 6 unspecified atom stereocenters. The average molecular weight is 656 g/mol. The molecule has 8 N–H and O–H groups in total. The fourth-order valence-corrected chi connectivity index (χ4v) is 7.11. The summed E-state index contributed by atoms with van der Waals surface area (Å²) in [6, 6.07) is 10.3. The van der Waals surface area contributed by atoms with Crippen molar-refractivity contribution in [2.75, 3.05) is 19.4 Å². The minimum atomic E-state index is -3.01. The number of nitrogens with one attached hydrogen (secondary N) is 1. The molecule has 43 heavy (non-hydrogen) atoms. The number of hydrogen-bond acceptors (Lipinski definition) is 10. The van der Waals surface area contributed by atoms with Crippen LogP contribution < -0.4 is 11.1 Å². The summed E-state index contributed by atoms with van der Waals surface area (Å²) >= 11 is 3.33. The molecule has 13 heteroatoms. The Balaban J connectivity index is 1.65. The molecular formula is C30H30BrN3O9. The molecular weight excluding hydrogens is 626 g/mol. The summed E-state index contributed by atoms with van der Waals surface area (Å²) in [7, 11) is 2.87. The molecule has 0 radical (unpaired) electrons. The third kappa shape index (κ3) is 4.29. The van der Waals surface area contributed by atoms with E-state index < -0.39 is 92.1 Å². The van der Waals surface area contributed by atoms with Crippen LogP contribution in [0.3, 0.4) is 0 Å². The molecule has 226 valence electrons. The number of aromatic hydroxyl groups is 1. The van der Waals surface area contributed by atoms with Gasteiger partial charge in [0, 0.05) is 11.5 Å². The lowest BCUT2D eigenvalue weighted by Crippen LogP contribution is -2.70. The van der Waals surface area contributed by atoms with Gasteiger partial charge < -0.3 is 36.6 Å². The number of phenols is 1. The summed E-state index contributed by atoms with van der Waals surface area (Å²) in [5, 5.41) is 59.8. The standard InChI is InChI=1S/C30H30BrN3O9/c1-11-13-9-10-14(33-29(42)20(31)12-7-5-4-6-8-12)22(35)16(13)23(36)17-15(11)24(37)19-21(34(2)3)25(38)18(28(32)41)27(40)30(19,43)26(17)39/h4-11,15,19-21,24,35-37,40,43H,1-3H3,(H2,32,41)(H,33,42)/t11?,15?,19?,20?,21-,24?,30?/m0/s1. The number of ketones is 2. The van der Waals surface area contributed by atoms with Gasteiger partial charge in [0.15, 0.2) is 11.4 Å². The Morgan fingerprint density at radius 1 is 1.07 bits per heavy atom. The summed E-state index contributed by atoms with van der Waals surface area (Å²) < 4.78 is 0. The normalized spacial score (nSPS) is 29.1. The number of aliphatic hydroxyl groups is 4. The third-order valence-corrected chi connectivity index (χ3v) is 9.65. The van der Waals surface area contributed by atoms with Crippen molar-refractivity contribution in [1.29, 1.82) is 0 Å². The summed E-state index contributed by atoms with van der Waals surface area (Å²) in [4.78, 5) is 53.0. The quantitative estimate of drug-likeness (QED) is 0.140. The second-order valence-corrected chi connectivity index (χ2v) is 12.2. The van der Waals surface area contributed by atoms with Crippen molar-refractivity contribution in [2.24, 2.45) is 17.6 Å². The number of rotatable bonds is 5. The number of fused-ring (bicyclic) bond motifs is 3. The van der Waals surface area contributed by atoms with Crippen molar-refractivity contribution in [3.63, 3.8) is 0 Å². The van der Waals surface area contributed by atoms with E-state index in [1.807, 2.05) is 0 Å². The Morgan fingerprint density at radius 3 is 2.28 bits per heavy atom. The molecule has 0 aliphatic heterocycles. The van der Waals surface area contributed by atoms with Crippen molar-refractivity contribution in [3.05, 3.63) is 76.1 Å². The summed E-state index contributed by atoms with van der Waals surface area (Å²) in [5.41, 5.74) is 1.48. The van der Waals surface area contributed by atoms with Crippen LogP contribution in [0.5, 0.6) is 5.75 Å². The fourth-order valence-electron chi connectivity index (χ4n) is 6.69. The maximum atomic E-state index is 14.1. The number of carbonyl (C=O) groups is 4. The largest absolute Gasteiger partial charge is 0.508 e. The van der Waals surface area contributed by atoms with E-state index in [4.69, 9.17) is 5.73 Å². The molecule has 0 saturated heterocycles. The van der Waals surface area contributed by atoms with E-state index in [0.717, 1.165) is 0 Å². The van der Waals surface area contributed by atoms with E-state index in [-0.39, 0.29) is 11.3 Å². The Labute approximate surface area is 254 Å². The van der Waals surface area contributed by atoms with E-state index >= 15 is 0 Å². The zero-order valence-corrected chi connectivity index (χ0v) is 24.9. The van der Waals surface area contributed by atoms with Gasteiger partial charge in [0.1, 0.15) is 27.7 Å². The van der Waals surface area contributed by atoms with Crippen molar-refractivity contribution >= 4 is 50.8 Å². The molecule has 3 aliphatic carbocycles. The predicted octanol–water partition coefficient (Wildman–Crippen LogP) is 1.57. The number of halogens is 1. The number of anilines is 1. The third-order valence-electron chi connectivity index (χ3n) is 8.71. The highest BCUT2D eigenvalue weighted by molar-refractivity contribution is 9.09. The van der Waals surface area contributed by atoms with Gasteiger partial charge in [-0.15, -0.1) is 0 Å². The molecule has 2 aromatic carbocycles. The second kappa shape index (κ2) is 10.6. The summed E-state index contributed by atoms with van der Waals surface area (Å²) in [6.45, 7) is 1.62. The van der Waals surface area contributed by atoms with Crippen molar-refractivity contribution < 1.29 is 44.7 Å². The molecule has 2 aromatic rings. The molecule has 0 heterocycles. The lowest BCUT2D eigenvalue weighted by molar-refractivity contribution is -0.169. The van der Waals surface area contributed by atoms with Crippen LogP contribution in [-0.4, -0.2) is 85.7 Å². The lowest BCUT2D eigenvalue weighted by atomic mass is 9.54. The number of aliphatic hydroxyl groups excluding tert-OH is 3. The van der Waals surface area contributed by atoms with Gasteiger partial charge in [-0.1, -0.05) is 59.3 Å². The van der Waals surface area contributed by atoms with Crippen molar-refractivity contribution in [2.45, 2.75) is 35.4 Å². The number of carbonyl (C=O) groups excluding carboxylic acids is 4. The van der Waals surface area contributed by atoms with E-state index in [0.29, 0.717) is 11.1 Å². The molecule has 0 bridgehead atoms. The summed E-state index contributed by atoms with van der Waals surface area (Å²) in [5.74, 6) is -10.4. The van der Waals surface area contributed by atoms with Gasteiger partial charge in [-0.05, 0) is 37.2 Å². The number of likely N-dealkylation sites (N-methyl/N-ethyl adjacent to an activating group) is 1. The topological polar surface area (TPSA) is 211 Å². The fraction of sp³-hybridized carbons (Fsp3) is 0.333. The van der Waals surface area contributed by atoms with Crippen LogP contribution in [-0.2, 0) is 19.2 Å². The molecule has 0 aromatic heterocycles. The number of benzene rings is 2. The molecule has 7 atom stereocenters. The van der Waals surface area contributed by atoms with Gasteiger partial charge in [0.2, 0.25) is 11.7 Å². The molecule has 1 fully saturated rings. The first-order valence-corrected chi connectivity index (χ1v) is 14.3. The van der Waals surface area contributed by atoms with Gasteiger partial charge in [-0.3, -0.25) is 24.1 Å². The van der Waals surface area contributed by atoms with Gasteiger partial charge >= 0.3 is 0 Å². The van der Waals surface area contributed by atoms with Crippen LogP contribution in [0.4, 0.5) is 5.69 Å². The van der Waals surface area contributed by atoms with Crippen LogP contribution in [0.1, 0.15) is 34.4 Å². The Hall–Kier alpha value is -4.04. The second-order valence-electron chi connectivity index (χ2n) is 11.2. The maximum Gasteiger partial charge on any atom is 0.255 e. The zero-order chi connectivity index (χ0) is 31.7. The van der Waals surface area contributed by atoms with Crippen LogP contribution in [0.2, 0.25) is 0 Å². The van der Waals surface area contributed by atoms with E-state index in [9.17, 15) is 44.7 Å². The van der Waals surface area contributed by atoms with E-state index in [2.05, 4.69) is 21.2 Å². The van der Waals surface area contributed by atoms with Crippen molar-refractivity contribution in [3.8, 4) is 5.75 Å². The molecule has 1 saturated carbocycles. The summed E-state index contributed by atoms with van der Waals surface area (Å²) in [6.07, 6.45) is -1.70. The highest BCUT2D eigenvalue weighted by Gasteiger charge is 2.68. The number of nitrogens with two attached hydrogens (primary N) is 1. The molecule has 12 nitrogen and oxygen atoms in total. The molecule has 5 rings (SSSR count).